The van der Waals surface area contributed by atoms with Crippen molar-refractivity contribution < 1.29 is 4.74 Å². The van der Waals surface area contributed by atoms with Crippen LogP contribution in [0.25, 0.3) is 10.8 Å². The summed E-state index contributed by atoms with van der Waals surface area (Å²) in [7, 11) is 0. The first-order valence-corrected chi connectivity index (χ1v) is 10.5. The van der Waals surface area contributed by atoms with Gasteiger partial charge in [-0.1, -0.05) is 62.2 Å². The maximum absolute atomic E-state index is 6.06. The largest absolute Gasteiger partial charge is 0.489 e. The van der Waals surface area contributed by atoms with E-state index in [-0.39, 0.29) is 0 Å². The van der Waals surface area contributed by atoms with Crippen molar-refractivity contribution in [2.45, 2.75) is 50.6 Å². The van der Waals surface area contributed by atoms with Gasteiger partial charge >= 0.3 is 0 Å². The second kappa shape index (κ2) is 8.90. The molecule has 4 rings (SSSR count). The zero-order valence-electron chi connectivity index (χ0n) is 16.3. The fourth-order valence-electron chi connectivity index (χ4n) is 4.57. The van der Waals surface area contributed by atoms with Gasteiger partial charge in [0, 0.05) is 37.1 Å². The number of hydrogen-bond donors (Lipinski definition) is 1. The Hall–Kier alpha value is -1.84. The monoisotopic (exact) mass is 364 g/mol. The lowest BCUT2D eigenvalue weighted by atomic mass is 9.94. The molecule has 1 atom stereocenters. The standard InChI is InChI=1S/C24H32N2O/c1-19(18-27-24-13-7-9-20-8-5-6-12-23(20)24)16-25-21-14-15-26(17-21)22-10-3-2-4-11-22/h5-9,12-13,21-22,25H,1-4,10-11,14-18H2. The first-order valence-electron chi connectivity index (χ1n) is 10.5. The van der Waals surface area contributed by atoms with Crippen LogP contribution in [0.15, 0.2) is 54.6 Å². The van der Waals surface area contributed by atoms with Crippen LogP contribution < -0.4 is 10.1 Å². The van der Waals surface area contributed by atoms with E-state index in [2.05, 4.69) is 53.2 Å². The highest BCUT2D eigenvalue weighted by molar-refractivity contribution is 5.88. The van der Waals surface area contributed by atoms with Crippen LogP contribution in [0.1, 0.15) is 38.5 Å². The Labute approximate surface area is 163 Å². The number of rotatable bonds is 7. The summed E-state index contributed by atoms with van der Waals surface area (Å²) in [6.45, 7) is 8.08. The minimum Gasteiger partial charge on any atom is -0.489 e. The van der Waals surface area contributed by atoms with Crippen LogP contribution in [-0.4, -0.2) is 43.2 Å². The molecule has 1 N–H and O–H groups in total. The minimum atomic E-state index is 0.570. The lowest BCUT2D eigenvalue weighted by molar-refractivity contribution is 0.187. The van der Waals surface area contributed by atoms with Gasteiger partial charge < -0.3 is 10.1 Å². The third kappa shape index (κ3) is 4.72. The Morgan fingerprint density at radius 2 is 1.85 bits per heavy atom. The molecule has 3 heteroatoms. The molecule has 0 amide bonds. The van der Waals surface area contributed by atoms with Crippen LogP contribution in [0.4, 0.5) is 0 Å². The van der Waals surface area contributed by atoms with Crippen molar-refractivity contribution in [3.05, 3.63) is 54.6 Å². The van der Waals surface area contributed by atoms with Crippen LogP contribution in [0, 0.1) is 0 Å². The molecular formula is C24H32N2O. The van der Waals surface area contributed by atoms with Gasteiger partial charge in [0.2, 0.25) is 0 Å². The molecule has 2 aromatic carbocycles. The minimum absolute atomic E-state index is 0.570. The van der Waals surface area contributed by atoms with Crippen molar-refractivity contribution in [2.24, 2.45) is 0 Å². The van der Waals surface area contributed by atoms with Crippen molar-refractivity contribution in [1.29, 1.82) is 0 Å². The Balaban J connectivity index is 1.22. The lowest BCUT2D eigenvalue weighted by Gasteiger charge is -2.31. The highest BCUT2D eigenvalue weighted by Crippen LogP contribution is 2.26. The van der Waals surface area contributed by atoms with Gasteiger partial charge in [-0.15, -0.1) is 0 Å². The van der Waals surface area contributed by atoms with Crippen LogP contribution in [-0.2, 0) is 0 Å². The molecule has 144 valence electrons. The van der Waals surface area contributed by atoms with Crippen molar-refractivity contribution in [1.82, 2.24) is 10.2 Å². The van der Waals surface area contributed by atoms with Crippen LogP contribution >= 0.6 is 0 Å². The Morgan fingerprint density at radius 1 is 1.04 bits per heavy atom. The number of likely N-dealkylation sites (tertiary alicyclic amines) is 1. The summed E-state index contributed by atoms with van der Waals surface area (Å²) in [6, 6.07) is 16.0. The molecule has 1 saturated heterocycles. The van der Waals surface area contributed by atoms with E-state index in [1.54, 1.807) is 0 Å². The van der Waals surface area contributed by atoms with E-state index in [4.69, 9.17) is 4.74 Å². The zero-order chi connectivity index (χ0) is 18.5. The molecule has 27 heavy (non-hydrogen) atoms. The van der Waals surface area contributed by atoms with E-state index in [0.29, 0.717) is 12.6 Å². The maximum atomic E-state index is 6.06. The number of fused-ring (bicyclic) bond motifs is 1. The van der Waals surface area contributed by atoms with E-state index >= 15 is 0 Å². The SMILES string of the molecule is C=C(CNC1CCN(C2CCCCC2)C1)COc1cccc2ccccc12. The molecule has 1 aliphatic carbocycles. The van der Waals surface area contributed by atoms with Crippen LogP contribution in [0.3, 0.4) is 0 Å². The average Bonchev–Trinajstić information content (AvgIpc) is 3.20. The Kier molecular flexibility index (Phi) is 6.10. The molecule has 2 aliphatic rings. The lowest BCUT2D eigenvalue weighted by Crippen LogP contribution is -2.39. The van der Waals surface area contributed by atoms with Gasteiger partial charge in [-0.25, -0.2) is 0 Å². The second-order valence-electron chi connectivity index (χ2n) is 8.17. The van der Waals surface area contributed by atoms with E-state index < -0.39 is 0 Å². The summed E-state index contributed by atoms with van der Waals surface area (Å²) in [5.74, 6) is 0.943. The fourth-order valence-corrected chi connectivity index (χ4v) is 4.57. The number of benzene rings is 2. The van der Waals surface area contributed by atoms with Gasteiger partial charge in [0.05, 0.1) is 0 Å². The van der Waals surface area contributed by atoms with Gasteiger partial charge in [-0.05, 0) is 36.3 Å². The van der Waals surface area contributed by atoms with Crippen LogP contribution in [0.2, 0.25) is 0 Å². The molecule has 1 heterocycles. The predicted octanol–water partition coefficient (Wildman–Crippen LogP) is 4.77. The molecule has 0 aromatic heterocycles. The number of hydrogen-bond acceptors (Lipinski definition) is 3. The first kappa shape index (κ1) is 18.5. The molecule has 1 aliphatic heterocycles. The van der Waals surface area contributed by atoms with Gasteiger partial charge in [-0.2, -0.15) is 0 Å². The van der Waals surface area contributed by atoms with Gasteiger partial charge in [0.15, 0.2) is 0 Å². The van der Waals surface area contributed by atoms with Crippen molar-refractivity contribution in [3.8, 4) is 5.75 Å². The Morgan fingerprint density at radius 3 is 2.74 bits per heavy atom. The maximum Gasteiger partial charge on any atom is 0.127 e. The predicted molar refractivity (Wildman–Crippen MR) is 113 cm³/mol. The van der Waals surface area contributed by atoms with Crippen molar-refractivity contribution in [3.63, 3.8) is 0 Å². The molecule has 0 bridgehead atoms. The molecular weight excluding hydrogens is 332 g/mol. The molecule has 2 aromatic rings. The van der Waals surface area contributed by atoms with E-state index in [9.17, 15) is 0 Å². The summed E-state index contributed by atoms with van der Waals surface area (Å²) in [6.07, 6.45) is 8.33. The average molecular weight is 365 g/mol. The number of nitrogens with one attached hydrogen (secondary N) is 1. The van der Waals surface area contributed by atoms with Gasteiger partial charge in [0.25, 0.3) is 0 Å². The zero-order valence-corrected chi connectivity index (χ0v) is 16.3. The van der Waals surface area contributed by atoms with Gasteiger partial charge in [-0.3, -0.25) is 4.90 Å². The molecule has 3 nitrogen and oxygen atoms in total. The quantitative estimate of drug-likeness (QED) is 0.716. The fraction of sp³-hybridized carbons (Fsp3) is 0.500. The summed E-state index contributed by atoms with van der Waals surface area (Å²) < 4.78 is 6.06. The van der Waals surface area contributed by atoms with Crippen molar-refractivity contribution in [2.75, 3.05) is 26.2 Å². The highest BCUT2D eigenvalue weighted by atomic mass is 16.5. The smallest absolute Gasteiger partial charge is 0.127 e. The summed E-state index contributed by atoms with van der Waals surface area (Å²) >= 11 is 0. The molecule has 2 fully saturated rings. The third-order valence-corrected chi connectivity index (χ3v) is 6.13. The van der Waals surface area contributed by atoms with Gasteiger partial charge in [0.1, 0.15) is 12.4 Å². The topological polar surface area (TPSA) is 24.5 Å². The molecule has 1 unspecified atom stereocenters. The third-order valence-electron chi connectivity index (χ3n) is 6.13. The van der Waals surface area contributed by atoms with Crippen LogP contribution in [0.5, 0.6) is 5.75 Å². The van der Waals surface area contributed by atoms with E-state index in [0.717, 1.165) is 23.9 Å². The molecule has 0 spiro atoms. The Bertz CT molecular complexity index is 761. The van der Waals surface area contributed by atoms with E-state index in [1.165, 1.54) is 62.4 Å². The molecule has 1 saturated carbocycles. The summed E-state index contributed by atoms with van der Waals surface area (Å²) in [4.78, 5) is 2.71. The normalized spacial score (nSPS) is 21.6. The summed E-state index contributed by atoms with van der Waals surface area (Å²) in [5.41, 5.74) is 1.11. The number of nitrogens with zero attached hydrogens (tertiary/aromatic N) is 1. The summed E-state index contributed by atoms with van der Waals surface area (Å²) in [5, 5.41) is 6.08. The van der Waals surface area contributed by atoms with Crippen molar-refractivity contribution >= 4 is 10.8 Å². The highest BCUT2D eigenvalue weighted by Gasteiger charge is 2.28. The second-order valence-corrected chi connectivity index (χ2v) is 8.17. The van der Waals surface area contributed by atoms with E-state index in [1.807, 2.05) is 6.07 Å². The first-order chi connectivity index (χ1) is 13.3. The number of ether oxygens (including phenoxy) is 1. The molecule has 0 radical (unpaired) electrons.